The Morgan fingerprint density at radius 3 is 2.59 bits per heavy atom. The van der Waals surface area contributed by atoms with Crippen molar-refractivity contribution in [2.24, 2.45) is 5.92 Å². The van der Waals surface area contributed by atoms with Crippen LogP contribution in [-0.4, -0.2) is 24.9 Å². The summed E-state index contributed by atoms with van der Waals surface area (Å²) in [6.45, 7) is 0.846. The molecular formula is C11H13BrN2O3. The van der Waals surface area contributed by atoms with Crippen molar-refractivity contribution in [3.05, 3.63) is 22.6 Å². The molecule has 0 saturated heterocycles. The van der Waals surface area contributed by atoms with E-state index in [1.807, 2.05) is 0 Å². The highest BCUT2D eigenvalue weighted by atomic mass is 79.9. The number of furan rings is 1. The van der Waals surface area contributed by atoms with Gasteiger partial charge in [0.1, 0.15) is 0 Å². The number of nitrogens with one attached hydrogen (secondary N) is 2. The molecule has 5 nitrogen and oxygen atoms in total. The fourth-order valence-corrected chi connectivity index (χ4v) is 1.68. The van der Waals surface area contributed by atoms with Crippen LogP contribution in [0.5, 0.6) is 0 Å². The maximum Gasteiger partial charge on any atom is 0.287 e. The predicted molar refractivity (Wildman–Crippen MR) is 64.5 cm³/mol. The molecule has 0 radical (unpaired) electrons. The van der Waals surface area contributed by atoms with Crippen molar-refractivity contribution in [1.82, 2.24) is 10.6 Å². The standard InChI is InChI=1S/C11H13BrN2O3/c12-9-4-3-8(17-9)11(16)14-6-5-13-10(15)7-1-2-7/h3-4,7H,1-2,5-6H2,(H,13,15)(H,14,16). The summed E-state index contributed by atoms with van der Waals surface area (Å²) in [4.78, 5) is 22.8. The van der Waals surface area contributed by atoms with Gasteiger partial charge in [0.05, 0.1) is 0 Å². The molecule has 1 fully saturated rings. The summed E-state index contributed by atoms with van der Waals surface area (Å²) >= 11 is 3.12. The van der Waals surface area contributed by atoms with E-state index in [1.54, 1.807) is 12.1 Å². The van der Waals surface area contributed by atoms with Gasteiger partial charge in [-0.3, -0.25) is 9.59 Å². The molecule has 2 amide bonds. The van der Waals surface area contributed by atoms with Crippen LogP contribution in [-0.2, 0) is 4.79 Å². The second kappa shape index (κ2) is 5.35. The highest BCUT2D eigenvalue weighted by Gasteiger charge is 2.28. The van der Waals surface area contributed by atoms with E-state index in [4.69, 9.17) is 4.42 Å². The van der Waals surface area contributed by atoms with Gasteiger partial charge < -0.3 is 15.1 Å². The molecule has 1 heterocycles. The average molecular weight is 301 g/mol. The quantitative estimate of drug-likeness (QED) is 0.805. The van der Waals surface area contributed by atoms with E-state index in [2.05, 4.69) is 26.6 Å². The number of halogens is 1. The Kier molecular flexibility index (Phi) is 3.83. The summed E-state index contributed by atoms with van der Waals surface area (Å²) in [5.41, 5.74) is 0. The third-order valence-electron chi connectivity index (χ3n) is 2.45. The average Bonchev–Trinajstić information content (AvgIpc) is 3.07. The Bertz CT molecular complexity index is 426. The summed E-state index contributed by atoms with van der Waals surface area (Å²) in [7, 11) is 0. The van der Waals surface area contributed by atoms with Gasteiger partial charge in [0, 0.05) is 19.0 Å². The molecule has 2 N–H and O–H groups in total. The molecule has 0 unspecified atom stereocenters. The maximum absolute atomic E-state index is 11.5. The van der Waals surface area contributed by atoms with Crippen LogP contribution in [0.3, 0.4) is 0 Å². The minimum atomic E-state index is -0.281. The van der Waals surface area contributed by atoms with Gasteiger partial charge in [-0.25, -0.2) is 0 Å². The van der Waals surface area contributed by atoms with Crippen LogP contribution in [0, 0.1) is 5.92 Å². The van der Waals surface area contributed by atoms with Gasteiger partial charge in [-0.1, -0.05) is 0 Å². The second-order valence-electron chi connectivity index (χ2n) is 3.92. The maximum atomic E-state index is 11.5. The van der Waals surface area contributed by atoms with E-state index in [1.165, 1.54) is 0 Å². The number of hydrogen-bond donors (Lipinski definition) is 2. The molecule has 0 atom stereocenters. The molecule has 1 aromatic rings. The van der Waals surface area contributed by atoms with E-state index in [9.17, 15) is 9.59 Å². The SMILES string of the molecule is O=C(NCCNC(=O)C1CC1)c1ccc(Br)o1. The van der Waals surface area contributed by atoms with Crippen molar-refractivity contribution in [1.29, 1.82) is 0 Å². The third kappa shape index (κ3) is 3.59. The first-order valence-corrected chi connectivity index (χ1v) is 6.27. The van der Waals surface area contributed by atoms with Gasteiger partial charge >= 0.3 is 0 Å². The normalized spacial score (nSPS) is 14.4. The summed E-state index contributed by atoms with van der Waals surface area (Å²) in [6.07, 6.45) is 1.97. The van der Waals surface area contributed by atoms with E-state index in [0.717, 1.165) is 12.8 Å². The zero-order valence-electron chi connectivity index (χ0n) is 9.16. The molecule has 1 aliphatic rings. The fraction of sp³-hybridized carbons (Fsp3) is 0.455. The van der Waals surface area contributed by atoms with Crippen molar-refractivity contribution >= 4 is 27.7 Å². The van der Waals surface area contributed by atoms with Crippen molar-refractivity contribution in [3.63, 3.8) is 0 Å². The molecular weight excluding hydrogens is 288 g/mol. The Hall–Kier alpha value is -1.30. The van der Waals surface area contributed by atoms with Crippen LogP contribution in [0.15, 0.2) is 21.2 Å². The van der Waals surface area contributed by atoms with Gasteiger partial charge in [0.15, 0.2) is 10.4 Å². The number of carbonyl (C=O) groups excluding carboxylic acids is 2. The second-order valence-corrected chi connectivity index (χ2v) is 4.71. The van der Waals surface area contributed by atoms with E-state index < -0.39 is 0 Å². The number of rotatable bonds is 5. The molecule has 2 rings (SSSR count). The molecule has 0 aromatic carbocycles. The van der Waals surface area contributed by atoms with E-state index >= 15 is 0 Å². The third-order valence-corrected chi connectivity index (χ3v) is 2.88. The molecule has 6 heteroatoms. The Morgan fingerprint density at radius 1 is 1.29 bits per heavy atom. The van der Waals surface area contributed by atoms with Gasteiger partial charge in [-0.15, -0.1) is 0 Å². The zero-order valence-corrected chi connectivity index (χ0v) is 10.7. The van der Waals surface area contributed by atoms with Crippen molar-refractivity contribution < 1.29 is 14.0 Å². The lowest BCUT2D eigenvalue weighted by Crippen LogP contribution is -2.35. The number of amides is 2. The van der Waals surface area contributed by atoms with Crippen LogP contribution >= 0.6 is 15.9 Å². The molecule has 1 aliphatic carbocycles. The molecule has 0 bridgehead atoms. The topological polar surface area (TPSA) is 71.3 Å². The van der Waals surface area contributed by atoms with Crippen molar-refractivity contribution in [2.75, 3.05) is 13.1 Å². The highest BCUT2D eigenvalue weighted by molar-refractivity contribution is 9.10. The summed E-state index contributed by atoms with van der Waals surface area (Å²) < 4.78 is 5.61. The molecule has 0 aliphatic heterocycles. The molecule has 0 spiro atoms. The van der Waals surface area contributed by atoms with Crippen LogP contribution in [0.4, 0.5) is 0 Å². The Morgan fingerprint density at radius 2 is 2.00 bits per heavy atom. The van der Waals surface area contributed by atoms with E-state index in [0.29, 0.717) is 17.8 Å². The van der Waals surface area contributed by atoms with Crippen LogP contribution in [0.2, 0.25) is 0 Å². The van der Waals surface area contributed by atoms with Crippen molar-refractivity contribution in [2.45, 2.75) is 12.8 Å². The zero-order chi connectivity index (χ0) is 12.3. The summed E-state index contributed by atoms with van der Waals surface area (Å²) in [6, 6.07) is 3.24. The first-order valence-electron chi connectivity index (χ1n) is 5.48. The first-order chi connectivity index (χ1) is 8.16. The molecule has 17 heavy (non-hydrogen) atoms. The Labute approximate surface area is 107 Å². The largest absolute Gasteiger partial charge is 0.444 e. The fourth-order valence-electron chi connectivity index (χ4n) is 1.38. The number of carbonyl (C=O) groups is 2. The van der Waals surface area contributed by atoms with Crippen molar-refractivity contribution in [3.8, 4) is 0 Å². The lowest BCUT2D eigenvalue weighted by Gasteiger charge is -2.05. The van der Waals surface area contributed by atoms with Crippen LogP contribution in [0.1, 0.15) is 23.4 Å². The number of hydrogen-bond acceptors (Lipinski definition) is 3. The highest BCUT2D eigenvalue weighted by Crippen LogP contribution is 2.28. The van der Waals surface area contributed by atoms with Gasteiger partial charge in [-0.2, -0.15) is 0 Å². The monoisotopic (exact) mass is 300 g/mol. The lowest BCUT2D eigenvalue weighted by molar-refractivity contribution is -0.122. The van der Waals surface area contributed by atoms with Gasteiger partial charge in [-0.05, 0) is 40.9 Å². The molecule has 1 aromatic heterocycles. The minimum absolute atomic E-state index is 0.0833. The minimum Gasteiger partial charge on any atom is -0.444 e. The Balaban J connectivity index is 1.64. The van der Waals surface area contributed by atoms with E-state index in [-0.39, 0.29) is 23.5 Å². The smallest absolute Gasteiger partial charge is 0.287 e. The first kappa shape index (κ1) is 12.2. The molecule has 1 saturated carbocycles. The van der Waals surface area contributed by atoms with Crippen LogP contribution in [0.25, 0.3) is 0 Å². The lowest BCUT2D eigenvalue weighted by atomic mass is 10.4. The van der Waals surface area contributed by atoms with Gasteiger partial charge in [0.25, 0.3) is 5.91 Å². The van der Waals surface area contributed by atoms with Crippen LogP contribution < -0.4 is 10.6 Å². The van der Waals surface area contributed by atoms with Gasteiger partial charge in [0.2, 0.25) is 5.91 Å². The molecule has 92 valence electrons. The predicted octanol–water partition coefficient (Wildman–Crippen LogP) is 1.30. The summed E-state index contributed by atoms with van der Waals surface area (Å²) in [5.74, 6) is 0.258. The summed E-state index contributed by atoms with van der Waals surface area (Å²) in [5, 5.41) is 5.42.